The molecule has 0 radical (unpaired) electrons. The maximum atomic E-state index is 8.36. The summed E-state index contributed by atoms with van der Waals surface area (Å²) in [6, 6.07) is 0. The van der Waals surface area contributed by atoms with E-state index >= 15 is 0 Å². The molecule has 0 rings (SSSR count). The first-order valence-electron chi connectivity index (χ1n) is 0.387. The second-order valence-electron chi connectivity index (χ2n) is 0. The average Bonchev–Trinajstić information content (AvgIpc) is 1.50. The van der Waals surface area contributed by atoms with E-state index in [9.17, 15) is 0 Å². The summed E-state index contributed by atoms with van der Waals surface area (Å²) < 4.78 is 16.6. The van der Waals surface area contributed by atoms with Crippen LogP contribution in [0.1, 0.15) is 0 Å². The molecule has 0 unspecified atom stereocenters. The Bertz CT molecular complexity index is 8.00. The van der Waals surface area contributed by atoms with Gasteiger partial charge in [0.1, 0.15) is 0 Å². The standard InChI is InChI=1S/2O.Ta.Ti. The molecule has 2 nitrogen and oxygen atoms in total. The quantitative estimate of drug-likeness (QED) is 0.564. The third kappa shape index (κ3) is 11.6. The third-order valence-corrected chi connectivity index (χ3v) is 0. The van der Waals surface area contributed by atoms with Crippen molar-refractivity contribution >= 4 is 0 Å². The van der Waals surface area contributed by atoms with E-state index in [4.69, 9.17) is 6.57 Å². The Hall–Kier alpha value is 1.05. The van der Waals surface area contributed by atoms with Crippen molar-refractivity contribution in [1.82, 2.24) is 0 Å². The van der Waals surface area contributed by atoms with Gasteiger partial charge in [-0.05, 0) is 0 Å². The van der Waals surface area contributed by atoms with Gasteiger partial charge in [-0.25, -0.2) is 0 Å². The fourth-order valence-electron chi connectivity index (χ4n) is 0. The summed E-state index contributed by atoms with van der Waals surface area (Å²) in [6.45, 7) is 0. The van der Waals surface area contributed by atoms with Crippen LogP contribution in [0.3, 0.4) is 0 Å². The first-order chi connectivity index (χ1) is 2.00. The van der Waals surface area contributed by atoms with Crippen LogP contribution in [0.5, 0.6) is 0 Å². The SMILES string of the molecule is [O]=[Ta].[O]=[Ti]. The van der Waals surface area contributed by atoms with E-state index in [-0.39, 0.29) is 21.0 Å². The van der Waals surface area contributed by atoms with Crippen molar-refractivity contribution in [2.75, 3.05) is 0 Å². The van der Waals surface area contributed by atoms with Crippen LogP contribution in [0.4, 0.5) is 0 Å². The molecule has 0 aliphatic heterocycles. The zero-order valence-corrected chi connectivity index (χ0v) is 6.54. The summed E-state index contributed by atoms with van der Waals surface area (Å²) >= 11 is 0.944. The maximum absolute atomic E-state index is 8.36. The second-order valence-corrected chi connectivity index (χ2v) is 0. The predicted molar refractivity (Wildman–Crippen MR) is 1.37 cm³/mol. The monoisotopic (exact) mass is 261 g/mol. The van der Waals surface area contributed by atoms with E-state index in [1.807, 2.05) is 0 Å². The van der Waals surface area contributed by atoms with Crippen LogP contribution in [0.15, 0.2) is 0 Å². The zero-order chi connectivity index (χ0) is 4.00. The normalized spacial score (nSPS) is 1.50. The molecule has 21 valence electrons. The van der Waals surface area contributed by atoms with Gasteiger partial charge in [-0.1, -0.05) is 0 Å². The van der Waals surface area contributed by atoms with Gasteiger partial charge in [0.05, 0.1) is 0 Å². The molecule has 0 amide bonds. The molecule has 0 fully saturated rings. The predicted octanol–water partition coefficient (Wildman–Crippen LogP) is -0.243. The van der Waals surface area contributed by atoms with Crippen molar-refractivity contribution in [1.29, 1.82) is 0 Å². The molecule has 0 atom stereocenters. The van der Waals surface area contributed by atoms with Gasteiger partial charge in [-0.2, -0.15) is 0 Å². The number of hydrogen-bond acceptors (Lipinski definition) is 2. The van der Waals surface area contributed by atoms with Gasteiger partial charge >= 0.3 is 48.0 Å². The van der Waals surface area contributed by atoms with Crippen LogP contribution >= 0.6 is 0 Å². The second kappa shape index (κ2) is 34.0. The van der Waals surface area contributed by atoms with Crippen LogP contribution in [0.25, 0.3) is 0 Å². The Morgan fingerprint density at radius 3 is 1.25 bits per heavy atom. The molecule has 0 saturated carbocycles. The minimum atomic E-state index is 0.194. The van der Waals surface area contributed by atoms with E-state index in [2.05, 4.69) is 0 Å². The molecule has 0 heterocycles. The van der Waals surface area contributed by atoms with Crippen LogP contribution in [0.2, 0.25) is 0 Å². The van der Waals surface area contributed by atoms with Crippen LogP contribution in [0, 0.1) is 0 Å². The third-order valence-electron chi connectivity index (χ3n) is 0. The topological polar surface area (TPSA) is 34.1 Å². The molecule has 0 aliphatic rings. The molecule has 0 N–H and O–H groups in total. The van der Waals surface area contributed by atoms with Crippen LogP contribution in [-0.4, -0.2) is 0 Å². The summed E-state index contributed by atoms with van der Waals surface area (Å²) in [5, 5.41) is 0. The first kappa shape index (κ1) is 8.91. The Labute approximate surface area is 47.9 Å². The fraction of sp³-hybridized carbons (Fsp3) is 0. The van der Waals surface area contributed by atoms with Gasteiger partial charge in [-0.3, -0.25) is 0 Å². The molecule has 0 aromatic rings. The average molecular weight is 261 g/mol. The van der Waals surface area contributed by atoms with Gasteiger partial charge < -0.3 is 0 Å². The summed E-state index contributed by atoms with van der Waals surface area (Å²) in [5.74, 6) is 0. The van der Waals surface area contributed by atoms with Crippen molar-refractivity contribution in [2.24, 2.45) is 0 Å². The van der Waals surface area contributed by atoms with Crippen LogP contribution in [-0.2, 0) is 48.0 Å². The van der Waals surface area contributed by atoms with Gasteiger partial charge in [0.25, 0.3) is 0 Å². The van der Waals surface area contributed by atoms with E-state index in [1.54, 1.807) is 0 Å². The Morgan fingerprint density at radius 1 is 1.25 bits per heavy atom. The minimum absolute atomic E-state index is 0.194. The van der Waals surface area contributed by atoms with E-state index < -0.39 is 0 Å². The van der Waals surface area contributed by atoms with E-state index in [0.717, 1.165) is 20.4 Å². The molecule has 0 spiro atoms. The molecule has 0 bridgehead atoms. The van der Waals surface area contributed by atoms with E-state index in [1.165, 1.54) is 0 Å². The molecule has 0 aliphatic carbocycles. The van der Waals surface area contributed by atoms with Crippen LogP contribution < -0.4 is 0 Å². The first-order valence-corrected chi connectivity index (χ1v) is 2.34. The summed E-state index contributed by atoms with van der Waals surface area (Å²) in [6.07, 6.45) is 0. The number of rotatable bonds is 0. The molecule has 4 heavy (non-hydrogen) atoms. The molecule has 0 aromatic carbocycles. The number of hydrogen-bond donors (Lipinski definition) is 0. The Kier molecular flexibility index (Phi) is 75.7. The van der Waals surface area contributed by atoms with Crippen molar-refractivity contribution in [3.05, 3.63) is 0 Å². The van der Waals surface area contributed by atoms with Crippen molar-refractivity contribution in [3.63, 3.8) is 0 Å². The van der Waals surface area contributed by atoms with Gasteiger partial charge in [0, 0.05) is 0 Å². The molecular weight excluding hydrogens is 261 g/mol. The summed E-state index contributed by atoms with van der Waals surface area (Å²) in [7, 11) is 0. The van der Waals surface area contributed by atoms with Gasteiger partial charge in [0.15, 0.2) is 0 Å². The van der Waals surface area contributed by atoms with Crippen molar-refractivity contribution in [3.8, 4) is 0 Å². The van der Waals surface area contributed by atoms with E-state index in [0.29, 0.717) is 0 Å². The molecule has 0 aromatic heterocycles. The molecular formula is O2TaTi. The fourth-order valence-corrected chi connectivity index (χ4v) is 0. The van der Waals surface area contributed by atoms with Gasteiger partial charge in [0.2, 0.25) is 0 Å². The van der Waals surface area contributed by atoms with Crippen molar-refractivity contribution < 1.29 is 48.0 Å². The zero-order valence-electron chi connectivity index (χ0n) is 1.76. The molecule has 4 heteroatoms. The summed E-state index contributed by atoms with van der Waals surface area (Å²) in [5.41, 5.74) is 0. The Morgan fingerprint density at radius 2 is 1.25 bits per heavy atom. The molecule has 0 saturated heterocycles. The summed E-state index contributed by atoms with van der Waals surface area (Å²) in [4.78, 5) is 0. The van der Waals surface area contributed by atoms with Crippen molar-refractivity contribution in [2.45, 2.75) is 0 Å². The Balaban J connectivity index is 0. The van der Waals surface area contributed by atoms with Gasteiger partial charge in [-0.15, -0.1) is 0 Å².